The van der Waals surface area contributed by atoms with Crippen molar-refractivity contribution in [3.8, 4) is 5.75 Å². The van der Waals surface area contributed by atoms with Gasteiger partial charge in [0, 0.05) is 33.3 Å². The van der Waals surface area contributed by atoms with Gasteiger partial charge in [0.15, 0.2) is 11.9 Å². The number of carbonyl (C=O) groups excluding carboxylic acids is 1. The number of nitro benzene ring substituents is 1. The number of nitro groups is 1. The fourth-order valence-corrected chi connectivity index (χ4v) is 3.70. The maximum atomic E-state index is 12.5. The third kappa shape index (κ3) is 4.67. The molecule has 0 aliphatic carbocycles. The second kappa shape index (κ2) is 8.26. The Labute approximate surface area is 147 Å². The summed E-state index contributed by atoms with van der Waals surface area (Å²) in [7, 11) is -0.758. The summed E-state index contributed by atoms with van der Waals surface area (Å²) in [5.74, 6) is -0.527. The Bertz CT molecular complexity index is 744. The van der Waals surface area contributed by atoms with Crippen LogP contribution in [0.2, 0.25) is 0 Å². The lowest BCUT2D eigenvalue weighted by Gasteiger charge is -2.20. The van der Waals surface area contributed by atoms with Crippen LogP contribution in [0, 0.1) is 10.1 Å². The summed E-state index contributed by atoms with van der Waals surface area (Å²) >= 11 is 0. The summed E-state index contributed by atoms with van der Waals surface area (Å²) in [6, 6.07) is 3.40. The Hall–Kier alpha value is -2.20. The number of likely N-dealkylation sites (N-methyl/N-ethyl adjacent to an activating group) is 1. The van der Waals surface area contributed by atoms with Gasteiger partial charge in [-0.05, 0) is 19.1 Å². The first-order valence-corrected chi connectivity index (χ1v) is 9.16. The van der Waals surface area contributed by atoms with Crippen LogP contribution in [-0.4, -0.2) is 61.7 Å². The second-order valence-electron chi connectivity index (χ2n) is 5.47. The standard InChI is InChI=1S/C15H23N3O6S/c1-6-17(7-2)25(22,23)12-8-9-14(13(10-12)18(20)21)24-11(3)15(19)16(4)5/h8-11H,6-7H2,1-5H3/t11-/m0/s1. The average Bonchev–Trinajstić information content (AvgIpc) is 2.54. The van der Waals surface area contributed by atoms with Crippen LogP contribution in [-0.2, 0) is 14.8 Å². The van der Waals surface area contributed by atoms with Gasteiger partial charge >= 0.3 is 5.69 Å². The highest BCUT2D eigenvalue weighted by molar-refractivity contribution is 7.89. The van der Waals surface area contributed by atoms with Gasteiger partial charge in [-0.2, -0.15) is 4.31 Å². The molecule has 25 heavy (non-hydrogen) atoms. The van der Waals surface area contributed by atoms with E-state index < -0.39 is 26.7 Å². The SMILES string of the molecule is CCN(CC)S(=O)(=O)c1ccc(O[C@@H](C)C(=O)N(C)C)c([N+](=O)[O-])c1. The van der Waals surface area contributed by atoms with Gasteiger partial charge in [0.05, 0.1) is 9.82 Å². The number of benzene rings is 1. The van der Waals surface area contributed by atoms with Crippen molar-refractivity contribution in [1.82, 2.24) is 9.21 Å². The third-order valence-corrected chi connectivity index (χ3v) is 5.61. The van der Waals surface area contributed by atoms with E-state index in [4.69, 9.17) is 4.74 Å². The number of ether oxygens (including phenoxy) is 1. The molecule has 0 unspecified atom stereocenters. The van der Waals surface area contributed by atoms with E-state index in [1.807, 2.05) is 0 Å². The Morgan fingerprint density at radius 3 is 2.28 bits per heavy atom. The van der Waals surface area contributed by atoms with E-state index in [1.54, 1.807) is 13.8 Å². The molecule has 0 fully saturated rings. The Kier molecular flexibility index (Phi) is 6.88. The molecule has 9 nitrogen and oxygen atoms in total. The quantitative estimate of drug-likeness (QED) is 0.504. The van der Waals surface area contributed by atoms with Crippen LogP contribution < -0.4 is 4.74 Å². The van der Waals surface area contributed by atoms with Gasteiger partial charge in [-0.1, -0.05) is 13.8 Å². The fourth-order valence-electron chi connectivity index (χ4n) is 2.22. The van der Waals surface area contributed by atoms with Crippen LogP contribution >= 0.6 is 0 Å². The summed E-state index contributed by atoms with van der Waals surface area (Å²) < 4.78 is 31.6. The van der Waals surface area contributed by atoms with Crippen molar-refractivity contribution in [2.45, 2.75) is 31.8 Å². The van der Waals surface area contributed by atoms with Gasteiger partial charge in [-0.25, -0.2) is 8.42 Å². The zero-order valence-electron chi connectivity index (χ0n) is 14.9. The molecule has 0 saturated carbocycles. The number of hydrogen-bond acceptors (Lipinski definition) is 6. The molecule has 0 radical (unpaired) electrons. The summed E-state index contributed by atoms with van der Waals surface area (Å²) in [6.45, 7) is 5.33. The van der Waals surface area contributed by atoms with E-state index in [9.17, 15) is 23.3 Å². The average molecular weight is 373 g/mol. The molecule has 0 heterocycles. The van der Waals surface area contributed by atoms with Crippen molar-refractivity contribution < 1.29 is 22.9 Å². The molecule has 0 saturated heterocycles. The predicted molar refractivity (Wildman–Crippen MR) is 92.0 cm³/mol. The number of nitrogens with zero attached hydrogens (tertiary/aromatic N) is 3. The van der Waals surface area contributed by atoms with E-state index in [-0.39, 0.29) is 29.6 Å². The molecular formula is C15H23N3O6S. The first-order chi connectivity index (χ1) is 11.6. The van der Waals surface area contributed by atoms with Crippen LogP contribution in [0.4, 0.5) is 5.69 Å². The molecule has 140 valence electrons. The van der Waals surface area contributed by atoms with Crippen LogP contribution in [0.25, 0.3) is 0 Å². The number of rotatable bonds is 8. The largest absolute Gasteiger partial charge is 0.474 e. The smallest absolute Gasteiger partial charge is 0.312 e. The minimum Gasteiger partial charge on any atom is -0.474 e. The second-order valence-corrected chi connectivity index (χ2v) is 7.41. The minimum atomic E-state index is -3.83. The van der Waals surface area contributed by atoms with Gasteiger partial charge in [0.2, 0.25) is 10.0 Å². The van der Waals surface area contributed by atoms with Crippen molar-refractivity contribution in [1.29, 1.82) is 0 Å². The summed E-state index contributed by atoms with van der Waals surface area (Å²) in [5, 5.41) is 11.3. The lowest BCUT2D eigenvalue weighted by atomic mass is 10.3. The Balaban J connectivity index is 3.29. The maximum absolute atomic E-state index is 12.5. The molecule has 0 aromatic heterocycles. The zero-order chi connectivity index (χ0) is 19.4. The molecule has 0 spiro atoms. The predicted octanol–water partition coefficient (Wildman–Crippen LogP) is 1.48. The molecular weight excluding hydrogens is 350 g/mol. The molecule has 0 aliphatic rings. The first kappa shape index (κ1) is 20.8. The van der Waals surface area contributed by atoms with Crippen molar-refractivity contribution in [2.75, 3.05) is 27.2 Å². The number of carbonyl (C=O) groups is 1. The number of hydrogen-bond donors (Lipinski definition) is 0. The molecule has 1 atom stereocenters. The number of amides is 1. The molecule has 0 bridgehead atoms. The van der Waals surface area contributed by atoms with E-state index >= 15 is 0 Å². The molecule has 0 aliphatic heterocycles. The topological polar surface area (TPSA) is 110 Å². The van der Waals surface area contributed by atoms with Gasteiger partial charge in [0.1, 0.15) is 0 Å². The van der Waals surface area contributed by atoms with Gasteiger partial charge in [-0.3, -0.25) is 14.9 Å². The zero-order valence-corrected chi connectivity index (χ0v) is 15.7. The molecule has 1 amide bonds. The summed E-state index contributed by atoms with van der Waals surface area (Å²) in [4.78, 5) is 23.5. The normalized spacial score (nSPS) is 12.7. The lowest BCUT2D eigenvalue weighted by Crippen LogP contribution is -2.35. The van der Waals surface area contributed by atoms with E-state index in [2.05, 4.69) is 0 Å². The monoisotopic (exact) mass is 373 g/mol. The highest BCUT2D eigenvalue weighted by Gasteiger charge is 2.28. The molecule has 10 heteroatoms. The van der Waals surface area contributed by atoms with Crippen molar-refractivity contribution in [3.05, 3.63) is 28.3 Å². The minimum absolute atomic E-state index is 0.161. The molecule has 1 rings (SSSR count). The fraction of sp³-hybridized carbons (Fsp3) is 0.533. The van der Waals surface area contributed by atoms with Crippen molar-refractivity contribution in [3.63, 3.8) is 0 Å². The highest BCUT2D eigenvalue weighted by atomic mass is 32.2. The van der Waals surface area contributed by atoms with Gasteiger partial charge < -0.3 is 9.64 Å². The van der Waals surface area contributed by atoms with Crippen molar-refractivity contribution in [2.24, 2.45) is 0 Å². The Morgan fingerprint density at radius 1 is 1.28 bits per heavy atom. The van der Waals surface area contributed by atoms with Crippen LogP contribution in [0.1, 0.15) is 20.8 Å². The molecule has 1 aromatic carbocycles. The maximum Gasteiger partial charge on any atom is 0.312 e. The first-order valence-electron chi connectivity index (χ1n) is 7.72. The Morgan fingerprint density at radius 2 is 1.84 bits per heavy atom. The van der Waals surface area contributed by atoms with Gasteiger partial charge in [-0.15, -0.1) is 0 Å². The number of sulfonamides is 1. The van der Waals surface area contributed by atoms with E-state index in [0.29, 0.717) is 0 Å². The third-order valence-electron chi connectivity index (χ3n) is 3.56. The highest BCUT2D eigenvalue weighted by Crippen LogP contribution is 2.31. The van der Waals surface area contributed by atoms with Crippen LogP contribution in [0.15, 0.2) is 23.1 Å². The van der Waals surface area contributed by atoms with Gasteiger partial charge in [0.25, 0.3) is 5.91 Å². The van der Waals surface area contributed by atoms with E-state index in [0.717, 1.165) is 6.07 Å². The molecule has 1 aromatic rings. The summed E-state index contributed by atoms with van der Waals surface area (Å²) in [6.07, 6.45) is -0.945. The van der Waals surface area contributed by atoms with Crippen LogP contribution in [0.5, 0.6) is 5.75 Å². The summed E-state index contributed by atoms with van der Waals surface area (Å²) in [5.41, 5.74) is -0.508. The van der Waals surface area contributed by atoms with Crippen LogP contribution in [0.3, 0.4) is 0 Å². The van der Waals surface area contributed by atoms with Crippen molar-refractivity contribution >= 4 is 21.6 Å². The molecule has 0 N–H and O–H groups in total. The van der Waals surface area contributed by atoms with E-state index in [1.165, 1.54) is 42.4 Å². The lowest BCUT2D eigenvalue weighted by molar-refractivity contribution is -0.386.